The van der Waals surface area contributed by atoms with E-state index in [1.807, 2.05) is 6.07 Å². The third-order valence-corrected chi connectivity index (χ3v) is 5.14. The molecule has 0 bridgehead atoms. The molecule has 1 aromatic carbocycles. The minimum Gasteiger partial charge on any atom is -0.271 e. The van der Waals surface area contributed by atoms with E-state index in [0.717, 1.165) is 5.56 Å². The van der Waals surface area contributed by atoms with Gasteiger partial charge in [-0.1, -0.05) is 6.07 Å². The van der Waals surface area contributed by atoms with Crippen molar-refractivity contribution < 1.29 is 12.8 Å². The Morgan fingerprint density at radius 1 is 1.44 bits per heavy atom. The van der Waals surface area contributed by atoms with E-state index in [1.54, 1.807) is 6.92 Å². The molecule has 1 fully saturated rings. The van der Waals surface area contributed by atoms with Gasteiger partial charge in [0, 0.05) is 6.04 Å². The van der Waals surface area contributed by atoms with E-state index in [0.29, 0.717) is 12.0 Å². The lowest BCUT2D eigenvalue weighted by Crippen LogP contribution is -2.34. The summed E-state index contributed by atoms with van der Waals surface area (Å²) in [4.78, 5) is 0. The quantitative estimate of drug-likeness (QED) is 0.638. The Morgan fingerprint density at radius 2 is 2.17 bits per heavy atom. The van der Waals surface area contributed by atoms with Crippen LogP contribution in [0.2, 0.25) is 0 Å². The summed E-state index contributed by atoms with van der Waals surface area (Å²) in [5, 5.41) is 0. The lowest BCUT2D eigenvalue weighted by atomic mass is 9.92. The first kappa shape index (κ1) is 13.5. The van der Waals surface area contributed by atoms with Gasteiger partial charge in [-0.2, -0.15) is 0 Å². The van der Waals surface area contributed by atoms with Crippen LogP contribution in [-0.2, 0) is 9.84 Å². The molecule has 2 rings (SSSR count). The lowest BCUT2D eigenvalue weighted by molar-refractivity contribution is 0.398. The van der Waals surface area contributed by atoms with Gasteiger partial charge in [0.2, 0.25) is 0 Å². The smallest absolute Gasteiger partial charge is 0.150 e. The van der Waals surface area contributed by atoms with Crippen molar-refractivity contribution in [3.05, 3.63) is 35.1 Å². The van der Waals surface area contributed by atoms with Gasteiger partial charge in [-0.05, 0) is 42.5 Å². The van der Waals surface area contributed by atoms with Gasteiger partial charge in [0.05, 0.1) is 11.5 Å². The zero-order valence-corrected chi connectivity index (χ0v) is 11.0. The van der Waals surface area contributed by atoms with E-state index in [4.69, 9.17) is 5.84 Å². The molecule has 2 atom stereocenters. The van der Waals surface area contributed by atoms with E-state index in [2.05, 4.69) is 5.43 Å². The largest absolute Gasteiger partial charge is 0.271 e. The number of nitrogens with two attached hydrogens (primary N) is 1. The maximum atomic E-state index is 13.4. The van der Waals surface area contributed by atoms with Gasteiger partial charge in [0.25, 0.3) is 0 Å². The number of hydrogen-bond acceptors (Lipinski definition) is 4. The minimum absolute atomic E-state index is 0.0961. The number of rotatable bonds is 3. The summed E-state index contributed by atoms with van der Waals surface area (Å²) in [7, 11) is -2.97. The van der Waals surface area contributed by atoms with Crippen LogP contribution in [0.4, 0.5) is 4.39 Å². The maximum absolute atomic E-state index is 13.4. The molecule has 0 radical (unpaired) electrons. The van der Waals surface area contributed by atoms with Crippen molar-refractivity contribution in [1.82, 2.24) is 5.43 Å². The summed E-state index contributed by atoms with van der Waals surface area (Å²) >= 11 is 0. The predicted octanol–water partition coefficient (Wildman–Crippen LogP) is 1.07. The summed E-state index contributed by atoms with van der Waals surface area (Å²) in [6.45, 7) is 1.80. The van der Waals surface area contributed by atoms with Crippen molar-refractivity contribution in [3.63, 3.8) is 0 Å². The molecule has 4 nitrogen and oxygen atoms in total. The van der Waals surface area contributed by atoms with Crippen LogP contribution in [-0.4, -0.2) is 19.9 Å². The highest BCUT2D eigenvalue weighted by atomic mass is 32.2. The SMILES string of the molecule is Cc1cc(F)cc(C(NN)C2CCS(=O)(=O)C2)c1. The lowest BCUT2D eigenvalue weighted by Gasteiger charge is -2.22. The second-order valence-corrected chi connectivity index (χ2v) is 7.10. The number of hydrogen-bond donors (Lipinski definition) is 2. The van der Waals surface area contributed by atoms with E-state index in [9.17, 15) is 12.8 Å². The van der Waals surface area contributed by atoms with Gasteiger partial charge in [0.1, 0.15) is 5.82 Å². The summed E-state index contributed by atoms with van der Waals surface area (Å²) in [5.41, 5.74) is 4.12. The van der Waals surface area contributed by atoms with Crippen molar-refractivity contribution in [2.24, 2.45) is 11.8 Å². The second kappa shape index (κ2) is 4.95. The second-order valence-electron chi connectivity index (χ2n) is 4.87. The first-order valence-corrected chi connectivity index (χ1v) is 7.67. The number of hydrazine groups is 1. The fourth-order valence-corrected chi connectivity index (χ4v) is 4.38. The van der Waals surface area contributed by atoms with Crippen LogP contribution in [0.3, 0.4) is 0 Å². The molecular formula is C12H17FN2O2S. The molecule has 1 saturated heterocycles. The molecule has 1 heterocycles. The Balaban J connectivity index is 2.28. The van der Waals surface area contributed by atoms with Crippen LogP contribution >= 0.6 is 0 Å². The predicted molar refractivity (Wildman–Crippen MR) is 68.0 cm³/mol. The maximum Gasteiger partial charge on any atom is 0.150 e. The van der Waals surface area contributed by atoms with Crippen molar-refractivity contribution in [1.29, 1.82) is 0 Å². The topological polar surface area (TPSA) is 72.2 Å². The van der Waals surface area contributed by atoms with Crippen LogP contribution < -0.4 is 11.3 Å². The van der Waals surface area contributed by atoms with Crippen LogP contribution in [0.15, 0.2) is 18.2 Å². The number of sulfone groups is 1. The monoisotopic (exact) mass is 272 g/mol. The average molecular weight is 272 g/mol. The summed E-state index contributed by atoms with van der Waals surface area (Å²) in [6.07, 6.45) is 0.562. The van der Waals surface area contributed by atoms with Gasteiger partial charge in [-0.3, -0.25) is 11.3 Å². The third-order valence-electron chi connectivity index (χ3n) is 3.34. The molecule has 0 amide bonds. The first-order chi connectivity index (χ1) is 8.41. The highest BCUT2D eigenvalue weighted by molar-refractivity contribution is 7.91. The molecule has 0 saturated carbocycles. The van der Waals surface area contributed by atoms with Crippen LogP contribution in [0.1, 0.15) is 23.6 Å². The highest BCUT2D eigenvalue weighted by Crippen LogP contribution is 2.31. The van der Waals surface area contributed by atoms with Gasteiger partial charge >= 0.3 is 0 Å². The fraction of sp³-hybridized carbons (Fsp3) is 0.500. The van der Waals surface area contributed by atoms with E-state index in [-0.39, 0.29) is 29.3 Å². The number of benzene rings is 1. The minimum atomic E-state index is -2.97. The molecule has 1 aromatic rings. The highest BCUT2D eigenvalue weighted by Gasteiger charge is 2.34. The van der Waals surface area contributed by atoms with Crippen molar-refractivity contribution in [2.45, 2.75) is 19.4 Å². The Labute approximate surface area is 106 Å². The van der Waals surface area contributed by atoms with Gasteiger partial charge < -0.3 is 0 Å². The zero-order valence-electron chi connectivity index (χ0n) is 10.2. The summed E-state index contributed by atoms with van der Waals surface area (Å²) in [5.74, 6) is 5.38. The molecule has 18 heavy (non-hydrogen) atoms. The normalized spacial score (nSPS) is 24.1. The molecular weight excluding hydrogens is 255 g/mol. The Kier molecular flexibility index (Phi) is 3.70. The van der Waals surface area contributed by atoms with Crippen molar-refractivity contribution in [3.8, 4) is 0 Å². The molecule has 3 N–H and O–H groups in total. The van der Waals surface area contributed by atoms with Gasteiger partial charge in [-0.25, -0.2) is 12.8 Å². The molecule has 0 aliphatic carbocycles. The molecule has 2 unspecified atom stereocenters. The summed E-state index contributed by atoms with van der Waals surface area (Å²) < 4.78 is 36.3. The third kappa shape index (κ3) is 2.88. The van der Waals surface area contributed by atoms with E-state index < -0.39 is 9.84 Å². The van der Waals surface area contributed by atoms with Crippen molar-refractivity contribution in [2.75, 3.05) is 11.5 Å². The molecule has 0 spiro atoms. The molecule has 1 aliphatic rings. The molecule has 100 valence electrons. The van der Waals surface area contributed by atoms with Crippen LogP contribution in [0.25, 0.3) is 0 Å². The van der Waals surface area contributed by atoms with Crippen LogP contribution in [0.5, 0.6) is 0 Å². The zero-order chi connectivity index (χ0) is 13.3. The fourth-order valence-electron chi connectivity index (χ4n) is 2.54. The van der Waals surface area contributed by atoms with Gasteiger partial charge in [0.15, 0.2) is 9.84 Å². The standard InChI is InChI=1S/C12H17FN2O2S/c1-8-4-10(6-11(13)5-8)12(15-14)9-2-3-18(16,17)7-9/h4-6,9,12,15H,2-3,7,14H2,1H3. The molecule has 6 heteroatoms. The van der Waals surface area contributed by atoms with Crippen LogP contribution in [0, 0.1) is 18.7 Å². The first-order valence-electron chi connectivity index (χ1n) is 5.85. The Morgan fingerprint density at radius 3 is 2.67 bits per heavy atom. The number of halogens is 1. The number of aryl methyl sites for hydroxylation is 1. The van der Waals surface area contributed by atoms with E-state index >= 15 is 0 Å². The molecule has 1 aliphatic heterocycles. The number of nitrogens with one attached hydrogen (secondary N) is 1. The summed E-state index contributed by atoms with van der Waals surface area (Å²) in [6, 6.07) is 4.35. The Bertz CT molecular complexity index is 525. The Hall–Kier alpha value is -0.980. The van der Waals surface area contributed by atoms with Crippen molar-refractivity contribution >= 4 is 9.84 Å². The van der Waals surface area contributed by atoms with E-state index in [1.165, 1.54) is 12.1 Å². The molecule has 0 aromatic heterocycles. The van der Waals surface area contributed by atoms with Gasteiger partial charge in [-0.15, -0.1) is 0 Å². The average Bonchev–Trinajstić information content (AvgIpc) is 2.58.